The lowest BCUT2D eigenvalue weighted by Crippen LogP contribution is -1.91. The zero-order valence-electron chi connectivity index (χ0n) is 12.2. The Bertz CT molecular complexity index is 504. The first-order chi connectivity index (χ1) is 9.21. The van der Waals surface area contributed by atoms with Crippen molar-refractivity contribution in [1.29, 1.82) is 0 Å². The Balaban J connectivity index is 2.82. The third kappa shape index (κ3) is 5.09. The predicted octanol–water partition coefficient (Wildman–Crippen LogP) is 5.04. The van der Waals surface area contributed by atoms with E-state index in [4.69, 9.17) is 0 Å². The van der Waals surface area contributed by atoms with Crippen molar-refractivity contribution in [1.82, 2.24) is 4.98 Å². The first-order valence-corrected chi connectivity index (χ1v) is 6.77. The average Bonchev–Trinajstić information content (AvgIpc) is 2.42. The molecular formula is C18H23N. The highest BCUT2D eigenvalue weighted by molar-refractivity contribution is 5.49. The van der Waals surface area contributed by atoms with E-state index in [1.807, 2.05) is 31.3 Å². The molecule has 0 bridgehead atoms. The molecule has 0 spiro atoms. The molecular weight excluding hydrogens is 230 g/mol. The van der Waals surface area contributed by atoms with Gasteiger partial charge in [-0.15, -0.1) is 0 Å². The van der Waals surface area contributed by atoms with Crippen molar-refractivity contribution < 1.29 is 0 Å². The number of nitrogens with zero attached hydrogens (tertiary/aromatic N) is 1. The molecule has 0 fully saturated rings. The fourth-order valence-corrected chi connectivity index (χ4v) is 1.86. The quantitative estimate of drug-likeness (QED) is 0.647. The monoisotopic (exact) mass is 253 g/mol. The van der Waals surface area contributed by atoms with E-state index in [9.17, 15) is 0 Å². The third-order valence-electron chi connectivity index (χ3n) is 2.95. The molecule has 0 N–H and O–H groups in total. The summed E-state index contributed by atoms with van der Waals surface area (Å²) in [6.07, 6.45) is 16.1. The van der Waals surface area contributed by atoms with Crippen LogP contribution in [0.1, 0.15) is 37.1 Å². The molecule has 0 aliphatic heterocycles. The Kier molecular flexibility index (Phi) is 6.59. The maximum Gasteiger partial charge on any atom is 0.0655 e. The van der Waals surface area contributed by atoms with Gasteiger partial charge in [0.2, 0.25) is 0 Å². The van der Waals surface area contributed by atoms with Gasteiger partial charge in [-0.05, 0) is 43.9 Å². The number of rotatable bonds is 6. The normalized spacial score (nSPS) is 12.5. The Morgan fingerprint density at radius 1 is 1.42 bits per heavy atom. The van der Waals surface area contributed by atoms with Crippen LogP contribution in [0.4, 0.5) is 0 Å². The van der Waals surface area contributed by atoms with E-state index in [1.54, 1.807) is 6.08 Å². The van der Waals surface area contributed by atoms with Crippen LogP contribution >= 0.6 is 0 Å². The standard InChI is InChI=1S/C18H23N/c1-5-8-10-16(7-3)11-12-17-13-15(4)18(9-6-2)19-14-17/h5-6,8-11,13-14H,1,7,12H2,2-4H3/b9-6-,10-8-,16-11-. The minimum atomic E-state index is 0.925. The van der Waals surface area contributed by atoms with E-state index in [-0.39, 0.29) is 0 Å². The van der Waals surface area contributed by atoms with Gasteiger partial charge in [-0.25, -0.2) is 0 Å². The molecule has 0 saturated carbocycles. The van der Waals surface area contributed by atoms with Gasteiger partial charge in [-0.2, -0.15) is 0 Å². The zero-order chi connectivity index (χ0) is 14.1. The molecule has 0 saturated heterocycles. The molecule has 100 valence electrons. The van der Waals surface area contributed by atoms with Gasteiger partial charge < -0.3 is 0 Å². The van der Waals surface area contributed by atoms with E-state index >= 15 is 0 Å². The maximum absolute atomic E-state index is 4.48. The minimum absolute atomic E-state index is 0.925. The van der Waals surface area contributed by atoms with Gasteiger partial charge in [-0.3, -0.25) is 4.98 Å². The van der Waals surface area contributed by atoms with E-state index in [0.717, 1.165) is 18.5 Å². The summed E-state index contributed by atoms with van der Waals surface area (Å²) in [4.78, 5) is 4.48. The molecule has 1 aromatic heterocycles. The highest BCUT2D eigenvalue weighted by atomic mass is 14.7. The molecule has 0 aromatic carbocycles. The maximum atomic E-state index is 4.48. The van der Waals surface area contributed by atoms with Crippen LogP contribution in [0.2, 0.25) is 0 Å². The fourth-order valence-electron chi connectivity index (χ4n) is 1.86. The number of pyridine rings is 1. The SMILES string of the molecule is C=C/C=C\C(=C/Cc1cnc(/C=C\C)c(C)c1)CC. The Morgan fingerprint density at radius 3 is 2.79 bits per heavy atom. The molecule has 0 unspecified atom stereocenters. The summed E-state index contributed by atoms with van der Waals surface area (Å²) in [5.74, 6) is 0. The largest absolute Gasteiger partial charge is 0.256 e. The lowest BCUT2D eigenvalue weighted by atomic mass is 10.1. The Morgan fingerprint density at radius 2 is 2.21 bits per heavy atom. The van der Waals surface area contributed by atoms with Crippen molar-refractivity contribution >= 4 is 6.08 Å². The second-order valence-electron chi connectivity index (χ2n) is 4.48. The second kappa shape index (κ2) is 8.25. The molecule has 0 aliphatic carbocycles. The van der Waals surface area contributed by atoms with Crippen LogP contribution in [0.3, 0.4) is 0 Å². The van der Waals surface area contributed by atoms with Crippen molar-refractivity contribution in [3.63, 3.8) is 0 Å². The first-order valence-electron chi connectivity index (χ1n) is 6.77. The summed E-state index contributed by atoms with van der Waals surface area (Å²) in [6, 6.07) is 2.21. The van der Waals surface area contributed by atoms with Crippen molar-refractivity contribution in [3.05, 3.63) is 71.6 Å². The van der Waals surface area contributed by atoms with E-state index < -0.39 is 0 Å². The summed E-state index contributed by atoms with van der Waals surface area (Å²) in [6.45, 7) is 9.97. The van der Waals surface area contributed by atoms with E-state index in [0.29, 0.717) is 0 Å². The molecule has 1 heteroatoms. The highest BCUT2D eigenvalue weighted by Crippen LogP contribution is 2.12. The second-order valence-corrected chi connectivity index (χ2v) is 4.48. The van der Waals surface area contributed by atoms with Crippen LogP contribution in [0.25, 0.3) is 6.08 Å². The highest BCUT2D eigenvalue weighted by Gasteiger charge is 1.98. The van der Waals surface area contributed by atoms with Crippen LogP contribution in [-0.2, 0) is 6.42 Å². The summed E-state index contributed by atoms with van der Waals surface area (Å²) in [7, 11) is 0. The molecule has 1 aromatic rings. The van der Waals surface area contributed by atoms with E-state index in [2.05, 4.69) is 43.6 Å². The molecule has 1 rings (SSSR count). The number of hydrogen-bond acceptors (Lipinski definition) is 1. The van der Waals surface area contributed by atoms with Crippen LogP contribution in [-0.4, -0.2) is 4.98 Å². The van der Waals surface area contributed by atoms with Gasteiger partial charge in [0.05, 0.1) is 5.69 Å². The molecule has 0 radical (unpaired) electrons. The molecule has 0 aliphatic rings. The van der Waals surface area contributed by atoms with E-state index in [1.165, 1.54) is 16.7 Å². The van der Waals surface area contributed by atoms with Crippen molar-refractivity contribution in [2.45, 2.75) is 33.6 Å². The van der Waals surface area contributed by atoms with Crippen molar-refractivity contribution in [3.8, 4) is 0 Å². The topological polar surface area (TPSA) is 12.9 Å². The van der Waals surface area contributed by atoms with Gasteiger partial charge in [0.25, 0.3) is 0 Å². The summed E-state index contributed by atoms with van der Waals surface area (Å²) < 4.78 is 0. The van der Waals surface area contributed by atoms with Crippen LogP contribution in [0.5, 0.6) is 0 Å². The third-order valence-corrected chi connectivity index (χ3v) is 2.95. The fraction of sp³-hybridized carbons (Fsp3) is 0.278. The lowest BCUT2D eigenvalue weighted by Gasteiger charge is -2.03. The van der Waals surface area contributed by atoms with Crippen LogP contribution in [0.15, 0.2) is 54.8 Å². The zero-order valence-corrected chi connectivity index (χ0v) is 12.2. The predicted molar refractivity (Wildman–Crippen MR) is 85.1 cm³/mol. The number of hydrogen-bond donors (Lipinski definition) is 0. The number of allylic oxidation sites excluding steroid dienone is 6. The van der Waals surface area contributed by atoms with Crippen molar-refractivity contribution in [2.75, 3.05) is 0 Å². The summed E-state index contributed by atoms with van der Waals surface area (Å²) in [5, 5.41) is 0. The van der Waals surface area contributed by atoms with Gasteiger partial charge in [0, 0.05) is 6.20 Å². The van der Waals surface area contributed by atoms with Crippen LogP contribution < -0.4 is 0 Å². The summed E-state index contributed by atoms with van der Waals surface area (Å²) in [5.41, 5.74) is 4.86. The molecule has 0 amide bonds. The first kappa shape index (κ1) is 15.2. The molecule has 0 atom stereocenters. The van der Waals surface area contributed by atoms with Gasteiger partial charge >= 0.3 is 0 Å². The average molecular weight is 253 g/mol. The number of aryl methyl sites for hydroxylation is 1. The van der Waals surface area contributed by atoms with Gasteiger partial charge in [-0.1, -0.05) is 55.5 Å². The number of aromatic nitrogens is 1. The molecule has 1 heterocycles. The van der Waals surface area contributed by atoms with Crippen molar-refractivity contribution in [2.24, 2.45) is 0 Å². The molecule has 1 nitrogen and oxygen atoms in total. The van der Waals surface area contributed by atoms with Crippen LogP contribution in [0, 0.1) is 6.92 Å². The Hall–Kier alpha value is -1.89. The smallest absolute Gasteiger partial charge is 0.0655 e. The minimum Gasteiger partial charge on any atom is -0.256 e. The lowest BCUT2D eigenvalue weighted by molar-refractivity contribution is 1.09. The van der Waals surface area contributed by atoms with Gasteiger partial charge in [0.1, 0.15) is 0 Å². The van der Waals surface area contributed by atoms with Gasteiger partial charge in [0.15, 0.2) is 0 Å². The summed E-state index contributed by atoms with van der Waals surface area (Å²) >= 11 is 0. The molecule has 19 heavy (non-hydrogen) atoms. The Labute approximate surface area is 117 Å².